The summed E-state index contributed by atoms with van der Waals surface area (Å²) in [6, 6.07) is 20.4. The average Bonchev–Trinajstić information content (AvgIpc) is 4.31. The predicted molar refractivity (Wildman–Crippen MR) is 291 cm³/mol. The average molecular weight is 992 g/mol. The molecule has 0 aliphatic carbocycles. The molecule has 0 fully saturated rings. The largest absolute Gasteiger partial charge is 0.469 e. The first-order valence-corrected chi connectivity index (χ1v) is 25.5. The molecule has 74 heavy (non-hydrogen) atoms. The molecular weight excluding hydrogens is 935 g/mol. The van der Waals surface area contributed by atoms with E-state index in [9.17, 15) is 28.8 Å². The molecule has 0 saturated heterocycles. The van der Waals surface area contributed by atoms with E-state index in [1.165, 1.54) is 38.5 Å². The Hall–Kier alpha value is -8.53. The first kappa shape index (κ1) is 49.1. The zero-order valence-corrected chi connectivity index (χ0v) is 41.8. The molecule has 10 rings (SSSR count). The number of benzene rings is 2. The van der Waals surface area contributed by atoms with Crippen LogP contribution in [-0.2, 0) is 36.1 Å². The van der Waals surface area contributed by atoms with E-state index in [0.29, 0.717) is 24.8 Å². The van der Waals surface area contributed by atoms with E-state index in [1.807, 2.05) is 60.3 Å². The third-order valence-corrected chi connectivity index (χ3v) is 14.1. The fourth-order valence-electron chi connectivity index (χ4n) is 10.1. The van der Waals surface area contributed by atoms with Crippen LogP contribution in [0.2, 0.25) is 0 Å². The third kappa shape index (κ3) is 9.74. The fourth-order valence-corrected chi connectivity index (χ4v) is 10.1. The molecule has 8 bridgehead atoms. The summed E-state index contributed by atoms with van der Waals surface area (Å²) in [4.78, 5) is 101. The maximum Gasteiger partial charge on any atom is 0.305 e. The first-order valence-electron chi connectivity index (χ1n) is 25.5. The standard InChI is InChI=1S/C58H57N9O7/c1-4-5-6-7-9-13-39-44-23-25-47(63-44)51(46-21-19-37(61-46)32-38-20-22-48(62-38)52(49-26-24-45(39)64-49)53-59-28-31-65(53)2)35-15-17-36(18-16-35)54(69)60-27-12-30-67-57(72)42-33-40-41(34-43(42)58(67)73)56(71)66(55(40)70)29-11-8-10-14-50(68)74-3/h15-26,28,31-34,61,64H,4-14,27,29-30H2,1-3H3,(H,60,69). The summed E-state index contributed by atoms with van der Waals surface area (Å²) in [7, 11) is 3.31. The molecule has 6 aromatic heterocycles. The number of hydrogen-bond donors (Lipinski definition) is 3. The zero-order valence-electron chi connectivity index (χ0n) is 41.8. The van der Waals surface area contributed by atoms with Gasteiger partial charge >= 0.3 is 5.97 Å². The molecule has 16 heteroatoms. The van der Waals surface area contributed by atoms with Gasteiger partial charge in [0, 0.05) is 78.7 Å². The van der Waals surface area contributed by atoms with Gasteiger partial charge in [0.15, 0.2) is 0 Å². The summed E-state index contributed by atoms with van der Waals surface area (Å²) < 4.78 is 8.87. The van der Waals surface area contributed by atoms with Gasteiger partial charge in [0.05, 0.1) is 62.5 Å². The van der Waals surface area contributed by atoms with Crippen LogP contribution in [0.5, 0.6) is 0 Å². The number of fused-ring (bicyclic) bond motifs is 10. The van der Waals surface area contributed by atoms with Crippen molar-refractivity contribution in [2.45, 2.75) is 90.6 Å². The quantitative estimate of drug-likeness (QED) is 0.0517. The smallest absolute Gasteiger partial charge is 0.305 e. The van der Waals surface area contributed by atoms with E-state index < -0.39 is 22.2 Å². The van der Waals surface area contributed by atoms with Gasteiger partial charge in [0.25, 0.3) is 28.1 Å². The van der Waals surface area contributed by atoms with E-state index in [2.05, 4.69) is 51.2 Å². The Labute approximate surface area is 424 Å². The van der Waals surface area contributed by atoms with Crippen molar-refractivity contribution in [2.24, 2.45) is 7.05 Å². The molecule has 376 valence electrons. The van der Waals surface area contributed by atoms with E-state index in [4.69, 9.17) is 15.0 Å². The lowest BCUT2D eigenvalue weighted by Crippen LogP contribution is -2.29. The van der Waals surface area contributed by atoms with Crippen molar-refractivity contribution in [1.82, 2.24) is 43.9 Å². The number of esters is 1. The number of methoxy groups -OCH3 is 1. The summed E-state index contributed by atoms with van der Waals surface area (Å²) in [5.41, 5.74) is 8.89. The number of aromatic nitrogens is 8. The van der Waals surface area contributed by atoms with Crippen molar-refractivity contribution < 1.29 is 14.3 Å². The normalized spacial score (nSPS) is 12.1. The molecule has 0 unspecified atom stereocenters. The summed E-state index contributed by atoms with van der Waals surface area (Å²) in [6.07, 6.45) is 20.6. The van der Waals surface area contributed by atoms with Gasteiger partial charge in [0.1, 0.15) is 5.82 Å². The Balaban J connectivity index is 0.897. The number of hydrogen-bond acceptors (Lipinski definition) is 10. The van der Waals surface area contributed by atoms with Crippen molar-refractivity contribution >= 4 is 79.8 Å². The summed E-state index contributed by atoms with van der Waals surface area (Å²) in [5, 5.41) is 3.23. The highest BCUT2D eigenvalue weighted by Gasteiger charge is 2.21. The second-order valence-electron chi connectivity index (χ2n) is 19.0. The van der Waals surface area contributed by atoms with Crippen LogP contribution < -0.4 is 27.6 Å². The number of H-pyrrole nitrogens is 2. The zero-order chi connectivity index (χ0) is 51.5. The first-order chi connectivity index (χ1) is 36.0. The van der Waals surface area contributed by atoms with Crippen molar-refractivity contribution in [2.75, 3.05) is 13.7 Å². The van der Waals surface area contributed by atoms with Gasteiger partial charge in [-0.25, -0.2) is 15.0 Å². The Morgan fingerprint density at radius 1 is 0.635 bits per heavy atom. The fraction of sp³-hybridized carbons (Fsp3) is 0.293. The van der Waals surface area contributed by atoms with Gasteiger partial charge in [-0.05, 0) is 117 Å². The van der Waals surface area contributed by atoms with Gasteiger partial charge in [-0.15, -0.1) is 0 Å². The van der Waals surface area contributed by atoms with E-state index in [1.54, 1.807) is 18.3 Å². The minimum atomic E-state index is -0.559. The molecule has 16 nitrogen and oxygen atoms in total. The highest BCUT2D eigenvalue weighted by atomic mass is 16.5. The van der Waals surface area contributed by atoms with E-state index >= 15 is 0 Å². The van der Waals surface area contributed by atoms with Crippen LogP contribution in [0, 0.1) is 0 Å². The SMILES string of the molecule is CCCCCCCc1c2nc(c(-c3ccc(C(=O)NCCCn4c(=O)c5cc6c(=O)n(CCCCCC(=O)OC)c(=O)c6cc5c4=O)cc3)c3ccc(cc4nc(c(-c5nccn5C)c5ccc1[nH]5)C=C4)[nH]3)C=C2. The Morgan fingerprint density at radius 3 is 1.95 bits per heavy atom. The number of nitrogens with zero attached hydrogens (tertiary/aromatic N) is 6. The molecule has 8 aromatic rings. The second kappa shape index (κ2) is 21.3. The number of carbonyl (C=O) groups excluding carboxylic acids is 2. The van der Waals surface area contributed by atoms with Crippen molar-refractivity contribution in [3.63, 3.8) is 0 Å². The highest BCUT2D eigenvalue weighted by molar-refractivity contribution is 5.99. The molecule has 2 aliphatic heterocycles. The summed E-state index contributed by atoms with van der Waals surface area (Å²) in [6.45, 7) is 2.58. The lowest BCUT2D eigenvalue weighted by atomic mass is 10.0. The van der Waals surface area contributed by atoms with Gasteiger partial charge in [-0.1, -0.05) is 51.2 Å². The second-order valence-corrected chi connectivity index (χ2v) is 19.0. The van der Waals surface area contributed by atoms with E-state index in [-0.39, 0.29) is 65.9 Å². The molecule has 3 N–H and O–H groups in total. The Bertz CT molecular complexity index is 3850. The predicted octanol–water partition coefficient (Wildman–Crippen LogP) is 9.02. The maximum absolute atomic E-state index is 13.5. The minimum Gasteiger partial charge on any atom is -0.469 e. The summed E-state index contributed by atoms with van der Waals surface area (Å²) in [5.74, 6) is 0.168. The maximum atomic E-state index is 13.5. The molecule has 2 aliphatic rings. The van der Waals surface area contributed by atoms with Crippen LogP contribution in [0.1, 0.15) is 110 Å². The van der Waals surface area contributed by atoms with Crippen molar-refractivity contribution in [1.29, 1.82) is 0 Å². The van der Waals surface area contributed by atoms with Crippen LogP contribution in [0.4, 0.5) is 0 Å². The molecule has 0 saturated carbocycles. The number of imidazole rings is 1. The van der Waals surface area contributed by atoms with Crippen LogP contribution in [0.15, 0.2) is 98.3 Å². The van der Waals surface area contributed by atoms with Gasteiger partial charge in [-0.2, -0.15) is 0 Å². The lowest BCUT2D eigenvalue weighted by Gasteiger charge is -2.08. The van der Waals surface area contributed by atoms with Gasteiger partial charge in [-0.3, -0.25) is 37.9 Å². The van der Waals surface area contributed by atoms with Gasteiger partial charge in [0.2, 0.25) is 0 Å². The molecule has 1 amide bonds. The molecule has 0 atom stereocenters. The number of ether oxygens (including phenoxy) is 1. The highest BCUT2D eigenvalue weighted by Crippen LogP contribution is 2.34. The molecule has 0 radical (unpaired) electrons. The summed E-state index contributed by atoms with van der Waals surface area (Å²) >= 11 is 0. The monoisotopic (exact) mass is 991 g/mol. The topological polar surface area (TPSA) is 209 Å². The van der Waals surface area contributed by atoms with Crippen molar-refractivity contribution in [3.8, 4) is 22.5 Å². The molecule has 0 spiro atoms. The van der Waals surface area contributed by atoms with Crippen LogP contribution in [-0.4, -0.2) is 64.2 Å². The minimum absolute atomic E-state index is 0.0228. The Kier molecular flexibility index (Phi) is 14.1. The lowest BCUT2D eigenvalue weighted by molar-refractivity contribution is -0.140. The number of unbranched alkanes of at least 4 members (excludes halogenated alkanes) is 6. The molecular formula is C58H57N9O7. The number of nitrogens with one attached hydrogen (secondary N) is 3. The van der Waals surface area contributed by atoms with Gasteiger partial charge < -0.3 is 24.6 Å². The van der Waals surface area contributed by atoms with Crippen LogP contribution in [0.25, 0.3) is 90.4 Å². The Morgan fingerprint density at radius 2 is 1.26 bits per heavy atom. The van der Waals surface area contributed by atoms with Crippen LogP contribution in [0.3, 0.4) is 0 Å². The van der Waals surface area contributed by atoms with Crippen molar-refractivity contribution in [3.05, 3.63) is 154 Å². The van der Waals surface area contributed by atoms with Crippen LogP contribution >= 0.6 is 0 Å². The number of aryl methyl sites for hydroxylation is 2. The van der Waals surface area contributed by atoms with E-state index in [0.717, 1.165) is 101 Å². The number of rotatable bonds is 19. The third-order valence-electron chi connectivity index (χ3n) is 14.1. The number of carbonyl (C=O) groups is 2. The number of aromatic amines is 2. The number of amides is 1. The molecule has 2 aromatic carbocycles. The molecule has 8 heterocycles.